The van der Waals surface area contributed by atoms with Gasteiger partial charge in [0.15, 0.2) is 0 Å². The number of esters is 1. The van der Waals surface area contributed by atoms with Crippen molar-refractivity contribution < 1.29 is 9.53 Å². The predicted octanol–water partition coefficient (Wildman–Crippen LogP) is 2.43. The van der Waals surface area contributed by atoms with Gasteiger partial charge in [-0.05, 0) is 37.2 Å². The maximum Gasteiger partial charge on any atom is 0.337 e. The minimum atomic E-state index is -0.278. The third kappa shape index (κ3) is 4.12. The Labute approximate surface area is 127 Å². The summed E-state index contributed by atoms with van der Waals surface area (Å²) < 4.78 is 4.70. The SMILES string of the molecule is CCCN1CCN(c2ccc(C(=O)OC)cc2)CC1.Cl. The highest BCUT2D eigenvalue weighted by Gasteiger charge is 2.16. The molecule has 1 aliphatic rings. The molecule has 0 unspecified atom stereocenters. The van der Waals surface area contributed by atoms with Crippen LogP contribution in [0.1, 0.15) is 23.7 Å². The van der Waals surface area contributed by atoms with Crippen LogP contribution in [0.4, 0.5) is 5.69 Å². The molecule has 0 radical (unpaired) electrons. The van der Waals surface area contributed by atoms with E-state index in [4.69, 9.17) is 4.74 Å². The zero-order chi connectivity index (χ0) is 13.7. The number of piperazine rings is 1. The summed E-state index contributed by atoms with van der Waals surface area (Å²) in [7, 11) is 1.41. The maximum atomic E-state index is 11.4. The zero-order valence-electron chi connectivity index (χ0n) is 12.2. The Kier molecular flexibility index (Phi) is 6.82. The van der Waals surface area contributed by atoms with Gasteiger partial charge in [-0.2, -0.15) is 0 Å². The number of anilines is 1. The first-order valence-corrected chi connectivity index (χ1v) is 6.90. The molecule has 2 rings (SSSR count). The number of methoxy groups -OCH3 is 1. The third-order valence-corrected chi connectivity index (χ3v) is 3.57. The highest BCUT2D eigenvalue weighted by Crippen LogP contribution is 2.17. The van der Waals surface area contributed by atoms with Crippen LogP contribution in [0.15, 0.2) is 24.3 Å². The maximum absolute atomic E-state index is 11.4. The van der Waals surface area contributed by atoms with E-state index in [0.717, 1.165) is 26.2 Å². The van der Waals surface area contributed by atoms with Crippen molar-refractivity contribution >= 4 is 24.1 Å². The number of carbonyl (C=O) groups excluding carboxylic acids is 1. The quantitative estimate of drug-likeness (QED) is 0.799. The van der Waals surface area contributed by atoms with Crippen LogP contribution < -0.4 is 4.90 Å². The van der Waals surface area contributed by atoms with Crippen LogP contribution >= 0.6 is 12.4 Å². The summed E-state index contributed by atoms with van der Waals surface area (Å²) in [5.74, 6) is -0.278. The molecule has 0 bridgehead atoms. The van der Waals surface area contributed by atoms with E-state index >= 15 is 0 Å². The summed E-state index contributed by atoms with van der Waals surface area (Å²) in [6.45, 7) is 7.75. The fraction of sp³-hybridized carbons (Fsp3) is 0.533. The number of hydrogen-bond donors (Lipinski definition) is 0. The van der Waals surface area contributed by atoms with Crippen molar-refractivity contribution in [2.45, 2.75) is 13.3 Å². The first-order valence-electron chi connectivity index (χ1n) is 6.90. The first-order chi connectivity index (χ1) is 9.24. The van der Waals surface area contributed by atoms with Crippen molar-refractivity contribution in [3.05, 3.63) is 29.8 Å². The van der Waals surface area contributed by atoms with Crippen LogP contribution in [0.25, 0.3) is 0 Å². The molecule has 0 N–H and O–H groups in total. The van der Waals surface area contributed by atoms with Gasteiger partial charge in [0.2, 0.25) is 0 Å². The topological polar surface area (TPSA) is 32.8 Å². The molecule has 0 spiro atoms. The molecule has 5 heteroatoms. The van der Waals surface area contributed by atoms with Crippen molar-refractivity contribution in [2.24, 2.45) is 0 Å². The van der Waals surface area contributed by atoms with Gasteiger partial charge in [0.05, 0.1) is 12.7 Å². The Morgan fingerprint density at radius 1 is 1.15 bits per heavy atom. The van der Waals surface area contributed by atoms with E-state index in [1.165, 1.54) is 25.8 Å². The number of ether oxygens (including phenoxy) is 1. The monoisotopic (exact) mass is 298 g/mol. The summed E-state index contributed by atoms with van der Waals surface area (Å²) in [6, 6.07) is 7.67. The van der Waals surface area contributed by atoms with Crippen molar-refractivity contribution in [3.8, 4) is 0 Å². The van der Waals surface area contributed by atoms with Gasteiger partial charge < -0.3 is 9.64 Å². The Morgan fingerprint density at radius 2 is 1.75 bits per heavy atom. The number of carbonyl (C=O) groups is 1. The molecule has 0 atom stereocenters. The lowest BCUT2D eigenvalue weighted by Gasteiger charge is -2.36. The average molecular weight is 299 g/mol. The molecule has 20 heavy (non-hydrogen) atoms. The molecule has 1 aliphatic heterocycles. The van der Waals surface area contributed by atoms with E-state index in [0.29, 0.717) is 5.56 Å². The molecule has 112 valence electrons. The second-order valence-electron chi connectivity index (χ2n) is 4.87. The van der Waals surface area contributed by atoms with Crippen molar-refractivity contribution in [3.63, 3.8) is 0 Å². The predicted molar refractivity (Wildman–Crippen MR) is 84.0 cm³/mol. The number of hydrogen-bond acceptors (Lipinski definition) is 4. The van der Waals surface area contributed by atoms with Crippen molar-refractivity contribution in [2.75, 3.05) is 44.7 Å². The van der Waals surface area contributed by atoms with Gasteiger partial charge in [-0.25, -0.2) is 4.79 Å². The summed E-state index contributed by atoms with van der Waals surface area (Å²) in [6.07, 6.45) is 1.22. The molecule has 1 heterocycles. The van der Waals surface area contributed by atoms with E-state index in [1.54, 1.807) is 0 Å². The van der Waals surface area contributed by atoms with Crippen molar-refractivity contribution in [1.82, 2.24) is 4.90 Å². The molecule has 1 saturated heterocycles. The molecule has 0 aliphatic carbocycles. The second kappa shape index (κ2) is 8.12. The molecular formula is C15H23ClN2O2. The number of nitrogens with zero attached hydrogens (tertiary/aromatic N) is 2. The highest BCUT2D eigenvalue weighted by molar-refractivity contribution is 5.89. The fourth-order valence-corrected chi connectivity index (χ4v) is 2.47. The number of rotatable bonds is 4. The van der Waals surface area contributed by atoms with Crippen LogP contribution in [-0.4, -0.2) is 50.7 Å². The molecular weight excluding hydrogens is 276 g/mol. The molecule has 1 aromatic carbocycles. The number of benzene rings is 1. The average Bonchev–Trinajstić information content (AvgIpc) is 2.48. The van der Waals surface area contributed by atoms with Crippen LogP contribution in [-0.2, 0) is 4.74 Å². The van der Waals surface area contributed by atoms with Crippen LogP contribution in [0.3, 0.4) is 0 Å². The number of halogens is 1. The van der Waals surface area contributed by atoms with Crippen LogP contribution in [0.5, 0.6) is 0 Å². The van der Waals surface area contributed by atoms with E-state index in [1.807, 2.05) is 24.3 Å². The molecule has 4 nitrogen and oxygen atoms in total. The summed E-state index contributed by atoms with van der Waals surface area (Å²) in [4.78, 5) is 16.2. The van der Waals surface area contributed by atoms with Gasteiger partial charge in [0, 0.05) is 31.9 Å². The molecule has 0 aromatic heterocycles. The normalized spacial score (nSPS) is 15.6. The van der Waals surface area contributed by atoms with Gasteiger partial charge in [-0.15, -0.1) is 12.4 Å². The van der Waals surface area contributed by atoms with E-state index in [9.17, 15) is 4.79 Å². The molecule has 1 fully saturated rings. The Balaban J connectivity index is 0.00000200. The van der Waals surface area contributed by atoms with E-state index in [2.05, 4.69) is 16.7 Å². The zero-order valence-corrected chi connectivity index (χ0v) is 13.0. The van der Waals surface area contributed by atoms with E-state index < -0.39 is 0 Å². The summed E-state index contributed by atoms with van der Waals surface area (Å²) in [5, 5.41) is 0. The standard InChI is InChI=1S/C15H22N2O2.ClH/c1-3-8-16-9-11-17(12-10-16)14-6-4-13(5-7-14)15(18)19-2;/h4-7H,3,8-12H2,1-2H3;1H. The Hall–Kier alpha value is -1.26. The lowest BCUT2D eigenvalue weighted by molar-refractivity contribution is 0.0601. The van der Waals surface area contributed by atoms with Crippen LogP contribution in [0, 0.1) is 0 Å². The molecule has 1 aromatic rings. The van der Waals surface area contributed by atoms with Gasteiger partial charge in [-0.1, -0.05) is 6.92 Å². The van der Waals surface area contributed by atoms with Gasteiger partial charge in [0.1, 0.15) is 0 Å². The largest absolute Gasteiger partial charge is 0.465 e. The Bertz CT molecular complexity index is 414. The van der Waals surface area contributed by atoms with Crippen LogP contribution in [0.2, 0.25) is 0 Å². The van der Waals surface area contributed by atoms with E-state index in [-0.39, 0.29) is 18.4 Å². The summed E-state index contributed by atoms with van der Waals surface area (Å²) in [5.41, 5.74) is 1.79. The van der Waals surface area contributed by atoms with Gasteiger partial charge in [-0.3, -0.25) is 4.90 Å². The molecule has 0 amide bonds. The van der Waals surface area contributed by atoms with Gasteiger partial charge >= 0.3 is 5.97 Å². The Morgan fingerprint density at radius 3 is 2.25 bits per heavy atom. The molecule has 0 saturated carbocycles. The smallest absolute Gasteiger partial charge is 0.337 e. The minimum Gasteiger partial charge on any atom is -0.465 e. The lowest BCUT2D eigenvalue weighted by atomic mass is 10.2. The highest BCUT2D eigenvalue weighted by atomic mass is 35.5. The van der Waals surface area contributed by atoms with Gasteiger partial charge in [0.25, 0.3) is 0 Å². The minimum absolute atomic E-state index is 0. The lowest BCUT2D eigenvalue weighted by Crippen LogP contribution is -2.46. The second-order valence-corrected chi connectivity index (χ2v) is 4.87. The summed E-state index contributed by atoms with van der Waals surface area (Å²) >= 11 is 0. The fourth-order valence-electron chi connectivity index (χ4n) is 2.47. The first kappa shape index (κ1) is 16.8. The third-order valence-electron chi connectivity index (χ3n) is 3.57. The van der Waals surface area contributed by atoms with Crippen molar-refractivity contribution in [1.29, 1.82) is 0 Å².